The Kier molecular flexibility index (Phi) is 8.30. The molecule has 5 heteroatoms. The lowest BCUT2D eigenvalue weighted by atomic mass is 9.94. The minimum absolute atomic E-state index is 0.0236. The van der Waals surface area contributed by atoms with Crippen molar-refractivity contribution < 1.29 is 9.47 Å². The van der Waals surface area contributed by atoms with Crippen molar-refractivity contribution >= 4 is 20.1 Å². The van der Waals surface area contributed by atoms with Crippen molar-refractivity contribution in [3.8, 4) is 5.75 Å². The highest BCUT2D eigenvalue weighted by molar-refractivity contribution is 7.48. The average Bonchev–Trinajstić information content (AvgIpc) is 2.78. The molecule has 2 unspecified atom stereocenters. The van der Waals surface area contributed by atoms with Crippen molar-refractivity contribution in [3.05, 3.63) is 59.2 Å². The molecule has 0 radical (unpaired) electrons. The first-order valence-electron chi connectivity index (χ1n) is 11.0. The van der Waals surface area contributed by atoms with E-state index >= 15 is 0 Å². The zero-order valence-electron chi connectivity index (χ0n) is 18.8. The number of piperidine rings is 1. The van der Waals surface area contributed by atoms with Crippen molar-refractivity contribution in [1.82, 2.24) is 5.01 Å². The monoisotopic (exact) mass is 426 g/mol. The summed E-state index contributed by atoms with van der Waals surface area (Å²) in [6.07, 6.45) is 6.89. The summed E-state index contributed by atoms with van der Waals surface area (Å²) < 4.78 is 11.2. The number of nitrogens with zero attached hydrogens (tertiary/aromatic N) is 2. The summed E-state index contributed by atoms with van der Waals surface area (Å²) in [4.78, 5) is 0. The molecule has 0 spiro atoms. The summed E-state index contributed by atoms with van der Waals surface area (Å²) in [5, 5.41) is 8.32. The Labute approximate surface area is 183 Å². The first kappa shape index (κ1) is 22.8. The molecule has 162 valence electrons. The van der Waals surface area contributed by atoms with E-state index in [1.165, 1.54) is 35.7 Å². The van der Waals surface area contributed by atoms with E-state index in [1.54, 1.807) is 7.11 Å². The second-order valence-electron chi connectivity index (χ2n) is 8.16. The second-order valence-corrected chi connectivity index (χ2v) is 10.1. The largest absolute Gasteiger partial charge is 0.467 e. The third-order valence-electron chi connectivity index (χ3n) is 5.90. The molecular weight excluding hydrogens is 391 g/mol. The lowest BCUT2D eigenvalue weighted by Crippen LogP contribution is -2.25. The number of benzene rings is 2. The predicted molar refractivity (Wildman–Crippen MR) is 129 cm³/mol. The van der Waals surface area contributed by atoms with Gasteiger partial charge in [0.15, 0.2) is 6.79 Å². The first-order valence-corrected chi connectivity index (χ1v) is 12.0. The molecule has 1 aliphatic heterocycles. The van der Waals surface area contributed by atoms with Gasteiger partial charge in [0.1, 0.15) is 5.75 Å². The fraction of sp³-hybridized carbons (Fsp3) is 0.480. The smallest absolute Gasteiger partial charge is 0.188 e. The van der Waals surface area contributed by atoms with Crippen LogP contribution in [0, 0.1) is 6.92 Å². The molecule has 2 aromatic rings. The van der Waals surface area contributed by atoms with E-state index in [9.17, 15) is 0 Å². The molecule has 2 aromatic carbocycles. The second kappa shape index (κ2) is 10.9. The number of hydrogen-bond donors (Lipinski definition) is 0. The SMILES string of the molecule is CCC(C)(Pc1ccccc1/C=N/N1CCCCC1)c1cccc(C)c1OCOC. The number of aryl methyl sites for hydroxylation is 1. The Morgan fingerprint density at radius 2 is 1.87 bits per heavy atom. The van der Waals surface area contributed by atoms with Gasteiger partial charge in [0.2, 0.25) is 0 Å². The van der Waals surface area contributed by atoms with Gasteiger partial charge in [-0.2, -0.15) is 5.10 Å². The Hall–Kier alpha value is -1.90. The van der Waals surface area contributed by atoms with E-state index < -0.39 is 0 Å². The highest BCUT2D eigenvalue weighted by Crippen LogP contribution is 2.48. The molecule has 0 saturated carbocycles. The van der Waals surface area contributed by atoms with Crippen molar-refractivity contribution in [3.63, 3.8) is 0 Å². The molecule has 0 aliphatic carbocycles. The van der Waals surface area contributed by atoms with Crippen LogP contribution in [0.3, 0.4) is 0 Å². The summed E-state index contributed by atoms with van der Waals surface area (Å²) in [6, 6.07) is 15.1. The van der Waals surface area contributed by atoms with Crippen LogP contribution in [0.1, 0.15) is 56.2 Å². The van der Waals surface area contributed by atoms with Gasteiger partial charge in [0, 0.05) is 36.5 Å². The van der Waals surface area contributed by atoms with Crippen LogP contribution in [-0.2, 0) is 9.89 Å². The molecule has 4 nitrogen and oxygen atoms in total. The third-order valence-corrected chi connectivity index (χ3v) is 7.80. The van der Waals surface area contributed by atoms with Gasteiger partial charge >= 0.3 is 0 Å². The fourth-order valence-electron chi connectivity index (χ4n) is 3.90. The highest BCUT2D eigenvalue weighted by atomic mass is 31.1. The maximum absolute atomic E-state index is 6.01. The molecule has 30 heavy (non-hydrogen) atoms. The van der Waals surface area contributed by atoms with Crippen LogP contribution in [0.4, 0.5) is 0 Å². The van der Waals surface area contributed by atoms with Crippen LogP contribution in [0.5, 0.6) is 5.75 Å². The van der Waals surface area contributed by atoms with E-state index in [0.717, 1.165) is 30.8 Å². The number of hydrogen-bond acceptors (Lipinski definition) is 4. The van der Waals surface area contributed by atoms with Gasteiger partial charge in [-0.1, -0.05) is 64.9 Å². The quantitative estimate of drug-likeness (QED) is 0.305. The van der Waals surface area contributed by atoms with E-state index in [-0.39, 0.29) is 11.9 Å². The minimum Gasteiger partial charge on any atom is -0.467 e. The van der Waals surface area contributed by atoms with Crippen LogP contribution in [0.25, 0.3) is 0 Å². The number of ether oxygens (including phenoxy) is 2. The third kappa shape index (κ3) is 5.62. The van der Waals surface area contributed by atoms with Crippen molar-refractivity contribution in [2.24, 2.45) is 5.10 Å². The minimum atomic E-state index is -0.0236. The summed E-state index contributed by atoms with van der Waals surface area (Å²) >= 11 is 0. The number of methoxy groups -OCH3 is 1. The van der Waals surface area contributed by atoms with Gasteiger partial charge in [-0.15, -0.1) is 0 Å². The molecular formula is C25H35N2O2P. The normalized spacial score (nSPS) is 17.0. The molecule has 0 bridgehead atoms. The van der Waals surface area contributed by atoms with Gasteiger partial charge in [0.25, 0.3) is 0 Å². The Bertz CT molecular complexity index is 849. The maximum Gasteiger partial charge on any atom is 0.188 e. The molecule has 0 amide bonds. The standard InChI is InChI=1S/C25H35N2O2P/c1-5-25(3,22-14-11-12-20(2)24(22)29-19-28-4)30-23-15-8-7-13-21(23)18-26-27-16-9-6-10-17-27/h7-8,11-15,18,30H,5-6,9-10,16-17,19H2,1-4H3/b26-18+. The molecule has 1 fully saturated rings. The molecule has 1 saturated heterocycles. The predicted octanol–water partition coefficient (Wildman–Crippen LogP) is 5.43. The Morgan fingerprint density at radius 3 is 2.60 bits per heavy atom. The van der Waals surface area contributed by atoms with Gasteiger partial charge in [-0.05, 0) is 43.5 Å². The lowest BCUT2D eigenvalue weighted by Gasteiger charge is -2.32. The Morgan fingerprint density at radius 1 is 1.10 bits per heavy atom. The number of para-hydroxylation sites is 1. The highest BCUT2D eigenvalue weighted by Gasteiger charge is 2.30. The molecule has 2 atom stereocenters. The van der Waals surface area contributed by atoms with Crippen LogP contribution in [0.15, 0.2) is 47.6 Å². The fourth-order valence-corrected chi connectivity index (χ4v) is 5.47. The lowest BCUT2D eigenvalue weighted by molar-refractivity contribution is 0.0495. The van der Waals surface area contributed by atoms with E-state index in [2.05, 4.69) is 74.5 Å². The summed E-state index contributed by atoms with van der Waals surface area (Å²) in [6.45, 7) is 9.11. The zero-order valence-corrected chi connectivity index (χ0v) is 19.8. The maximum atomic E-state index is 6.01. The van der Waals surface area contributed by atoms with Crippen LogP contribution in [0.2, 0.25) is 0 Å². The Balaban J connectivity index is 1.89. The van der Waals surface area contributed by atoms with Crippen LogP contribution < -0.4 is 10.0 Å². The molecule has 0 N–H and O–H groups in total. The van der Waals surface area contributed by atoms with Crippen LogP contribution in [-0.4, -0.2) is 38.2 Å². The van der Waals surface area contributed by atoms with Crippen molar-refractivity contribution in [1.29, 1.82) is 0 Å². The van der Waals surface area contributed by atoms with Crippen molar-refractivity contribution in [2.45, 2.75) is 51.6 Å². The number of rotatable bonds is 9. The summed E-state index contributed by atoms with van der Waals surface area (Å²) in [5.41, 5.74) is 3.62. The van der Waals surface area contributed by atoms with Gasteiger partial charge in [-0.25, -0.2) is 0 Å². The summed E-state index contributed by atoms with van der Waals surface area (Å²) in [5.74, 6) is 0.954. The van der Waals surface area contributed by atoms with Crippen molar-refractivity contribution in [2.75, 3.05) is 27.0 Å². The average molecular weight is 427 g/mol. The van der Waals surface area contributed by atoms with Gasteiger partial charge < -0.3 is 9.47 Å². The molecule has 1 heterocycles. The zero-order chi connectivity index (χ0) is 21.4. The molecule has 3 rings (SSSR count). The first-order chi connectivity index (χ1) is 14.6. The van der Waals surface area contributed by atoms with Gasteiger partial charge in [-0.3, -0.25) is 5.01 Å². The van der Waals surface area contributed by atoms with E-state index in [4.69, 9.17) is 14.6 Å². The van der Waals surface area contributed by atoms with Gasteiger partial charge in [0.05, 0.1) is 6.21 Å². The molecule has 1 aliphatic rings. The van der Waals surface area contributed by atoms with Crippen LogP contribution >= 0.6 is 8.58 Å². The summed E-state index contributed by atoms with van der Waals surface area (Å²) in [7, 11) is 2.27. The molecule has 0 aromatic heterocycles. The topological polar surface area (TPSA) is 34.1 Å². The van der Waals surface area contributed by atoms with E-state index in [1.807, 2.05) is 0 Å². The van der Waals surface area contributed by atoms with E-state index in [0.29, 0.717) is 8.58 Å². The number of hydrazone groups is 1.